The summed E-state index contributed by atoms with van der Waals surface area (Å²) in [6, 6.07) is -0.722. The number of ether oxygens (including phenoxy) is 1. The summed E-state index contributed by atoms with van der Waals surface area (Å²) in [6.07, 6.45) is 0.697. The third-order valence-electron chi connectivity index (χ3n) is 1.35. The molecule has 6 heteroatoms. The summed E-state index contributed by atoms with van der Waals surface area (Å²) in [6.45, 7) is 3.80. The fraction of sp³-hybridized carbons (Fsp3) is 0.625. The molecule has 14 heavy (non-hydrogen) atoms. The average Bonchev–Trinajstić information content (AvgIpc) is 2.12. The molecule has 80 valence electrons. The molecule has 0 aromatic carbocycles. The van der Waals surface area contributed by atoms with Crippen LogP contribution in [-0.4, -0.2) is 24.3 Å². The lowest BCUT2D eigenvalue weighted by atomic mass is 10.2. The van der Waals surface area contributed by atoms with E-state index < -0.39 is 6.03 Å². The Kier molecular flexibility index (Phi) is 6.09. The van der Waals surface area contributed by atoms with E-state index in [9.17, 15) is 9.59 Å². The first-order valence-electron chi connectivity index (χ1n) is 4.30. The second-order valence-corrected chi connectivity index (χ2v) is 2.63. The van der Waals surface area contributed by atoms with Crippen LogP contribution in [0.4, 0.5) is 4.79 Å². The summed E-state index contributed by atoms with van der Waals surface area (Å²) in [5.74, 6) is -0.277. The van der Waals surface area contributed by atoms with E-state index in [1.165, 1.54) is 0 Å². The minimum absolute atomic E-state index is 0.254. The molecule has 0 saturated heterocycles. The second-order valence-electron chi connectivity index (χ2n) is 2.63. The lowest BCUT2D eigenvalue weighted by Crippen LogP contribution is -2.25. The number of nitrogens with two attached hydrogens (primary N) is 1. The molecular weight excluding hydrogens is 186 g/mol. The van der Waals surface area contributed by atoms with Crippen LogP contribution in [0, 0.1) is 0 Å². The first-order valence-corrected chi connectivity index (χ1v) is 4.30. The van der Waals surface area contributed by atoms with Crippen LogP contribution in [0.15, 0.2) is 5.10 Å². The summed E-state index contributed by atoms with van der Waals surface area (Å²) >= 11 is 0. The minimum atomic E-state index is -0.722. The maximum atomic E-state index is 10.9. The third kappa shape index (κ3) is 7.08. The number of hydrazone groups is 1. The molecule has 0 aromatic rings. The Bertz CT molecular complexity index is 238. The van der Waals surface area contributed by atoms with Crippen molar-refractivity contribution in [1.29, 1.82) is 0 Å². The number of esters is 1. The molecule has 2 amide bonds. The van der Waals surface area contributed by atoms with Crippen LogP contribution in [0.2, 0.25) is 0 Å². The summed E-state index contributed by atoms with van der Waals surface area (Å²) in [4.78, 5) is 21.2. The van der Waals surface area contributed by atoms with Gasteiger partial charge < -0.3 is 10.5 Å². The molecule has 6 nitrogen and oxygen atoms in total. The van der Waals surface area contributed by atoms with Gasteiger partial charge in [0, 0.05) is 5.71 Å². The molecule has 0 fully saturated rings. The predicted octanol–water partition coefficient (Wildman–Crippen LogP) is 0.374. The van der Waals surface area contributed by atoms with Crippen molar-refractivity contribution in [2.24, 2.45) is 10.8 Å². The van der Waals surface area contributed by atoms with E-state index in [-0.39, 0.29) is 12.4 Å². The average molecular weight is 201 g/mol. The van der Waals surface area contributed by atoms with E-state index in [4.69, 9.17) is 10.5 Å². The molecule has 0 saturated carbocycles. The number of rotatable bonds is 5. The molecule has 0 bridgehead atoms. The van der Waals surface area contributed by atoms with Crippen molar-refractivity contribution < 1.29 is 14.3 Å². The fourth-order valence-electron chi connectivity index (χ4n) is 0.723. The van der Waals surface area contributed by atoms with Gasteiger partial charge >= 0.3 is 12.0 Å². The van der Waals surface area contributed by atoms with Gasteiger partial charge in [0.15, 0.2) is 0 Å². The molecular formula is C8H15N3O3. The van der Waals surface area contributed by atoms with E-state index in [0.29, 0.717) is 18.7 Å². The molecule has 0 aliphatic heterocycles. The van der Waals surface area contributed by atoms with E-state index in [1.807, 2.05) is 0 Å². The zero-order chi connectivity index (χ0) is 11.0. The Hall–Kier alpha value is -1.59. The predicted molar refractivity (Wildman–Crippen MR) is 51.7 cm³/mol. The molecule has 0 heterocycles. The summed E-state index contributed by atoms with van der Waals surface area (Å²) in [5, 5.41) is 3.64. The largest absolute Gasteiger partial charge is 0.466 e. The molecule has 0 atom stereocenters. The van der Waals surface area contributed by atoms with Crippen LogP contribution in [0.25, 0.3) is 0 Å². The number of hydrogen-bond acceptors (Lipinski definition) is 4. The number of nitrogens with zero attached hydrogens (tertiary/aromatic N) is 1. The van der Waals surface area contributed by atoms with Gasteiger partial charge in [0.25, 0.3) is 0 Å². The van der Waals surface area contributed by atoms with Crippen molar-refractivity contribution in [1.82, 2.24) is 5.43 Å². The molecule has 0 unspecified atom stereocenters. The third-order valence-corrected chi connectivity index (χ3v) is 1.35. The van der Waals surface area contributed by atoms with Crippen molar-refractivity contribution in [3.8, 4) is 0 Å². The Morgan fingerprint density at radius 3 is 2.57 bits per heavy atom. The first-order chi connectivity index (χ1) is 6.56. The summed E-state index contributed by atoms with van der Waals surface area (Å²) in [7, 11) is 0. The molecule has 0 aliphatic carbocycles. The highest BCUT2D eigenvalue weighted by atomic mass is 16.5. The Morgan fingerprint density at radius 1 is 1.43 bits per heavy atom. The van der Waals surface area contributed by atoms with Gasteiger partial charge in [0.2, 0.25) is 0 Å². The van der Waals surface area contributed by atoms with E-state index in [2.05, 4.69) is 10.5 Å². The number of hydrogen-bond donors (Lipinski definition) is 2. The van der Waals surface area contributed by atoms with Gasteiger partial charge in [0.05, 0.1) is 13.0 Å². The van der Waals surface area contributed by atoms with E-state index in [1.54, 1.807) is 13.8 Å². The van der Waals surface area contributed by atoms with Crippen LogP contribution < -0.4 is 11.2 Å². The number of carbonyl (C=O) groups excluding carboxylic acids is 2. The summed E-state index contributed by atoms with van der Waals surface area (Å²) in [5.41, 5.74) is 7.49. The van der Waals surface area contributed by atoms with Crippen LogP contribution in [0.5, 0.6) is 0 Å². The number of amides is 2. The van der Waals surface area contributed by atoms with Gasteiger partial charge in [-0.25, -0.2) is 10.2 Å². The fourth-order valence-corrected chi connectivity index (χ4v) is 0.723. The molecule has 0 aromatic heterocycles. The highest BCUT2D eigenvalue weighted by molar-refractivity contribution is 5.86. The standard InChI is InChI=1S/C8H15N3O3/c1-3-14-7(12)5-4-6(2)10-11-8(9)13/h3-5H2,1-2H3,(H3,9,11,13)/b10-6-. The highest BCUT2D eigenvalue weighted by Crippen LogP contribution is 1.95. The number of primary amides is 1. The molecule has 0 rings (SSSR count). The summed E-state index contributed by atoms with van der Waals surface area (Å²) < 4.78 is 4.71. The van der Waals surface area contributed by atoms with Gasteiger partial charge in [-0.15, -0.1) is 0 Å². The van der Waals surface area contributed by atoms with E-state index in [0.717, 1.165) is 0 Å². The lowest BCUT2D eigenvalue weighted by molar-refractivity contribution is -0.142. The maximum Gasteiger partial charge on any atom is 0.332 e. The quantitative estimate of drug-likeness (QED) is 0.382. The van der Waals surface area contributed by atoms with Crippen molar-refractivity contribution in [3.05, 3.63) is 0 Å². The van der Waals surface area contributed by atoms with Crippen LogP contribution in [-0.2, 0) is 9.53 Å². The van der Waals surface area contributed by atoms with E-state index >= 15 is 0 Å². The van der Waals surface area contributed by atoms with Gasteiger partial charge in [-0.3, -0.25) is 4.79 Å². The van der Waals surface area contributed by atoms with Crippen LogP contribution >= 0.6 is 0 Å². The normalized spacial score (nSPS) is 10.9. The van der Waals surface area contributed by atoms with Crippen molar-refractivity contribution in [2.75, 3.05) is 6.61 Å². The Morgan fingerprint density at radius 2 is 2.07 bits per heavy atom. The van der Waals surface area contributed by atoms with Gasteiger partial charge in [0.1, 0.15) is 0 Å². The van der Waals surface area contributed by atoms with Gasteiger partial charge in [-0.05, 0) is 20.3 Å². The lowest BCUT2D eigenvalue weighted by Gasteiger charge is -2.01. The number of urea groups is 1. The zero-order valence-corrected chi connectivity index (χ0v) is 8.37. The van der Waals surface area contributed by atoms with Crippen molar-refractivity contribution in [3.63, 3.8) is 0 Å². The van der Waals surface area contributed by atoms with Gasteiger partial charge in [-0.1, -0.05) is 0 Å². The number of carbonyl (C=O) groups is 2. The monoisotopic (exact) mass is 201 g/mol. The number of nitrogens with one attached hydrogen (secondary N) is 1. The smallest absolute Gasteiger partial charge is 0.332 e. The Labute approximate surface area is 82.5 Å². The maximum absolute atomic E-state index is 10.9. The van der Waals surface area contributed by atoms with Crippen LogP contribution in [0.1, 0.15) is 26.7 Å². The first kappa shape index (κ1) is 12.4. The molecule has 0 radical (unpaired) electrons. The molecule has 3 N–H and O–H groups in total. The highest BCUT2D eigenvalue weighted by Gasteiger charge is 2.02. The van der Waals surface area contributed by atoms with Crippen molar-refractivity contribution >= 4 is 17.7 Å². The van der Waals surface area contributed by atoms with Crippen LogP contribution in [0.3, 0.4) is 0 Å². The topological polar surface area (TPSA) is 93.8 Å². The minimum Gasteiger partial charge on any atom is -0.466 e. The molecule has 0 spiro atoms. The zero-order valence-electron chi connectivity index (χ0n) is 8.37. The SMILES string of the molecule is CCOC(=O)CC/C(C)=N\NC(N)=O. The molecule has 0 aliphatic rings. The van der Waals surface area contributed by atoms with Gasteiger partial charge in [-0.2, -0.15) is 5.10 Å². The van der Waals surface area contributed by atoms with Crippen molar-refractivity contribution in [2.45, 2.75) is 26.7 Å². The second kappa shape index (κ2) is 6.88. The Balaban J connectivity index is 3.72.